The van der Waals surface area contributed by atoms with E-state index in [0.29, 0.717) is 13.1 Å². The Morgan fingerprint density at radius 2 is 2.33 bits per heavy atom. The first-order valence-electron chi connectivity index (χ1n) is 4.85. The van der Waals surface area contributed by atoms with Gasteiger partial charge in [0, 0.05) is 0 Å². The first-order valence-corrected chi connectivity index (χ1v) is 4.85. The summed E-state index contributed by atoms with van der Waals surface area (Å²) in [6, 6.07) is 6.13. The van der Waals surface area contributed by atoms with Crippen LogP contribution in [0.3, 0.4) is 0 Å². The first-order chi connectivity index (χ1) is 7.26. The number of nitrogens with two attached hydrogens (primary N) is 1. The molecule has 0 atom stereocenters. The highest BCUT2D eigenvalue weighted by atomic mass is 15.1. The van der Waals surface area contributed by atoms with E-state index in [1.165, 1.54) is 5.56 Å². The lowest BCUT2D eigenvalue weighted by Crippen LogP contribution is -2.07. The number of rotatable bonds is 2. The van der Waals surface area contributed by atoms with Gasteiger partial charge in [-0.15, -0.1) is 6.42 Å². The summed E-state index contributed by atoms with van der Waals surface area (Å²) in [6.45, 7) is 2.98. The van der Waals surface area contributed by atoms with Crippen LogP contribution in [0.4, 0.5) is 0 Å². The summed E-state index contributed by atoms with van der Waals surface area (Å²) < 4.78 is 1.98. The summed E-state index contributed by atoms with van der Waals surface area (Å²) in [5.74, 6) is 3.46. The lowest BCUT2D eigenvalue weighted by atomic mass is 10.2. The summed E-state index contributed by atoms with van der Waals surface area (Å²) in [6.07, 6.45) is 5.32. The van der Waals surface area contributed by atoms with E-state index in [9.17, 15) is 0 Å². The van der Waals surface area contributed by atoms with Crippen molar-refractivity contribution in [2.45, 2.75) is 20.0 Å². The molecular weight excluding hydrogens is 186 g/mol. The van der Waals surface area contributed by atoms with Gasteiger partial charge in [-0.05, 0) is 24.6 Å². The number of hydrogen-bond acceptors (Lipinski definition) is 2. The molecule has 0 unspecified atom stereocenters. The largest absolute Gasteiger partial charge is 0.324 e. The van der Waals surface area contributed by atoms with Crippen molar-refractivity contribution in [2.24, 2.45) is 5.73 Å². The summed E-state index contributed by atoms with van der Waals surface area (Å²) in [7, 11) is 0. The van der Waals surface area contributed by atoms with E-state index in [4.69, 9.17) is 12.2 Å². The molecule has 15 heavy (non-hydrogen) atoms. The van der Waals surface area contributed by atoms with Crippen LogP contribution in [0.5, 0.6) is 0 Å². The maximum absolute atomic E-state index is 5.63. The van der Waals surface area contributed by atoms with Crippen LogP contribution in [0, 0.1) is 19.3 Å². The minimum absolute atomic E-state index is 0.412. The molecule has 1 aromatic heterocycles. The number of hydrogen-bond donors (Lipinski definition) is 1. The second-order valence-corrected chi connectivity index (χ2v) is 3.51. The van der Waals surface area contributed by atoms with Crippen LogP contribution in [-0.4, -0.2) is 9.55 Å². The number of fused-ring (bicyclic) bond motifs is 1. The topological polar surface area (TPSA) is 43.8 Å². The smallest absolute Gasteiger partial charge is 0.124 e. The summed E-state index contributed by atoms with van der Waals surface area (Å²) in [5, 5.41) is 0. The van der Waals surface area contributed by atoms with Gasteiger partial charge in [-0.2, -0.15) is 0 Å². The maximum atomic E-state index is 5.63. The Balaban J connectivity index is 2.70. The standard InChI is InChI=1S/C12H13N3/c1-3-6-15-11-5-4-9(2)7-10(11)14-12(15)8-13/h1,4-5,7H,6,8,13H2,2H3. The Kier molecular flexibility index (Phi) is 2.44. The Bertz CT molecular complexity index is 532. The highest BCUT2D eigenvalue weighted by Crippen LogP contribution is 2.17. The maximum Gasteiger partial charge on any atom is 0.124 e. The van der Waals surface area contributed by atoms with Gasteiger partial charge in [0.2, 0.25) is 0 Å². The van der Waals surface area contributed by atoms with Gasteiger partial charge in [-0.3, -0.25) is 0 Å². The van der Waals surface area contributed by atoms with E-state index in [1.54, 1.807) is 0 Å². The molecule has 2 rings (SSSR count). The third-order valence-corrected chi connectivity index (χ3v) is 2.41. The van der Waals surface area contributed by atoms with Gasteiger partial charge in [0.05, 0.1) is 24.1 Å². The van der Waals surface area contributed by atoms with Crippen LogP contribution in [0.15, 0.2) is 18.2 Å². The van der Waals surface area contributed by atoms with Gasteiger partial charge >= 0.3 is 0 Å². The molecule has 0 saturated heterocycles. The molecule has 0 radical (unpaired) electrons. The van der Waals surface area contributed by atoms with E-state index in [-0.39, 0.29) is 0 Å². The number of imidazole rings is 1. The van der Waals surface area contributed by atoms with Crippen LogP contribution in [0.1, 0.15) is 11.4 Å². The summed E-state index contributed by atoms with van der Waals surface area (Å²) in [5.41, 5.74) is 8.84. The van der Waals surface area contributed by atoms with Gasteiger partial charge in [-0.1, -0.05) is 12.0 Å². The molecule has 0 saturated carbocycles. The van der Waals surface area contributed by atoms with Crippen molar-refractivity contribution in [2.75, 3.05) is 0 Å². The lowest BCUT2D eigenvalue weighted by Gasteiger charge is -2.02. The van der Waals surface area contributed by atoms with Gasteiger partial charge in [0.1, 0.15) is 5.82 Å². The molecule has 76 valence electrons. The highest BCUT2D eigenvalue weighted by Gasteiger charge is 2.07. The molecule has 0 bridgehead atoms. The molecule has 0 fully saturated rings. The molecule has 0 aliphatic heterocycles. The SMILES string of the molecule is C#CCn1c(CN)nc2cc(C)ccc21. The fourth-order valence-electron chi connectivity index (χ4n) is 1.71. The number of nitrogens with zero attached hydrogens (tertiary/aromatic N) is 2. The quantitative estimate of drug-likeness (QED) is 0.744. The van der Waals surface area contributed by atoms with Crippen molar-refractivity contribution in [1.29, 1.82) is 0 Å². The zero-order valence-corrected chi connectivity index (χ0v) is 8.70. The van der Waals surface area contributed by atoms with Crippen LogP contribution >= 0.6 is 0 Å². The van der Waals surface area contributed by atoms with Gasteiger partial charge in [-0.25, -0.2) is 4.98 Å². The summed E-state index contributed by atoms with van der Waals surface area (Å²) >= 11 is 0. The van der Waals surface area contributed by atoms with E-state index < -0.39 is 0 Å². The van der Waals surface area contributed by atoms with E-state index >= 15 is 0 Å². The van der Waals surface area contributed by atoms with Crippen LogP contribution < -0.4 is 5.73 Å². The van der Waals surface area contributed by atoms with Crippen molar-refractivity contribution in [1.82, 2.24) is 9.55 Å². The Morgan fingerprint density at radius 1 is 1.53 bits per heavy atom. The van der Waals surface area contributed by atoms with Crippen molar-refractivity contribution in [3.63, 3.8) is 0 Å². The zero-order chi connectivity index (χ0) is 10.8. The van der Waals surface area contributed by atoms with Crippen molar-refractivity contribution < 1.29 is 0 Å². The Labute approximate surface area is 88.9 Å². The third kappa shape index (κ3) is 1.60. The molecule has 0 amide bonds. The second kappa shape index (κ2) is 3.76. The molecule has 1 aromatic carbocycles. The fourth-order valence-corrected chi connectivity index (χ4v) is 1.71. The number of terminal acetylenes is 1. The summed E-state index contributed by atoms with van der Waals surface area (Å²) in [4.78, 5) is 4.45. The molecule has 3 heteroatoms. The number of aryl methyl sites for hydroxylation is 1. The van der Waals surface area contributed by atoms with Crippen molar-refractivity contribution in [3.8, 4) is 12.3 Å². The molecule has 0 spiro atoms. The monoisotopic (exact) mass is 199 g/mol. The van der Waals surface area contributed by atoms with Gasteiger partial charge < -0.3 is 10.3 Å². The van der Waals surface area contributed by atoms with E-state index in [1.807, 2.05) is 23.6 Å². The molecule has 0 aliphatic carbocycles. The third-order valence-electron chi connectivity index (χ3n) is 2.41. The van der Waals surface area contributed by atoms with E-state index in [2.05, 4.69) is 17.0 Å². The minimum Gasteiger partial charge on any atom is -0.324 e. The molecule has 3 nitrogen and oxygen atoms in total. The molecular formula is C12H13N3. The van der Waals surface area contributed by atoms with Crippen LogP contribution in [0.25, 0.3) is 11.0 Å². The molecule has 1 heterocycles. The zero-order valence-electron chi connectivity index (χ0n) is 8.70. The van der Waals surface area contributed by atoms with Crippen LogP contribution in [0.2, 0.25) is 0 Å². The molecule has 0 aliphatic rings. The number of benzene rings is 1. The average molecular weight is 199 g/mol. The minimum atomic E-state index is 0.412. The van der Waals surface area contributed by atoms with E-state index in [0.717, 1.165) is 16.9 Å². The predicted molar refractivity (Wildman–Crippen MR) is 61.2 cm³/mol. The Morgan fingerprint density at radius 3 is 3.00 bits per heavy atom. The van der Waals surface area contributed by atoms with Gasteiger partial charge in [0.15, 0.2) is 0 Å². The second-order valence-electron chi connectivity index (χ2n) is 3.51. The molecule has 2 aromatic rings. The van der Waals surface area contributed by atoms with Crippen molar-refractivity contribution in [3.05, 3.63) is 29.6 Å². The fraction of sp³-hybridized carbons (Fsp3) is 0.250. The average Bonchev–Trinajstić information content (AvgIpc) is 2.56. The highest BCUT2D eigenvalue weighted by molar-refractivity contribution is 5.77. The normalized spacial score (nSPS) is 10.5. The van der Waals surface area contributed by atoms with Crippen molar-refractivity contribution >= 4 is 11.0 Å². The Hall–Kier alpha value is -1.79. The number of aromatic nitrogens is 2. The predicted octanol–water partition coefficient (Wildman–Crippen LogP) is 1.44. The lowest BCUT2D eigenvalue weighted by molar-refractivity contribution is 0.771. The molecule has 2 N–H and O–H groups in total. The first kappa shape index (κ1) is 9.75. The van der Waals surface area contributed by atoms with Crippen LogP contribution in [-0.2, 0) is 13.1 Å². The van der Waals surface area contributed by atoms with Gasteiger partial charge in [0.25, 0.3) is 0 Å².